The first-order valence-electron chi connectivity index (χ1n) is 8.55. The topological polar surface area (TPSA) is 58.3 Å². The average Bonchev–Trinajstić information content (AvgIpc) is 3.32. The lowest BCUT2D eigenvalue weighted by Crippen LogP contribution is -2.43. The van der Waals surface area contributed by atoms with Gasteiger partial charge in [0.25, 0.3) is 0 Å². The Kier molecular flexibility index (Phi) is 3.70. The molecule has 4 rings (SSSR count). The predicted octanol–water partition coefficient (Wildman–Crippen LogP) is 2.29. The Morgan fingerprint density at radius 2 is 2.09 bits per heavy atom. The van der Waals surface area contributed by atoms with Crippen LogP contribution in [-0.2, 0) is 0 Å². The molecule has 1 saturated heterocycles. The Hall–Kier alpha value is -1.69. The lowest BCUT2D eigenvalue weighted by atomic mass is 10.0. The zero-order chi connectivity index (χ0) is 14.9. The second kappa shape index (κ2) is 5.83. The molecule has 118 valence electrons. The SMILES string of the molecule is CCN1CCCC[C@H]1CNc1ccc2nnc(C3CC3)n2n1. The third kappa shape index (κ3) is 2.67. The van der Waals surface area contributed by atoms with Crippen LogP contribution in [0.25, 0.3) is 5.65 Å². The van der Waals surface area contributed by atoms with E-state index >= 15 is 0 Å². The van der Waals surface area contributed by atoms with Crippen LogP contribution in [0, 0.1) is 0 Å². The van der Waals surface area contributed by atoms with Gasteiger partial charge in [-0.15, -0.1) is 15.3 Å². The number of likely N-dealkylation sites (tertiary alicyclic amines) is 1. The molecule has 22 heavy (non-hydrogen) atoms. The van der Waals surface area contributed by atoms with E-state index in [9.17, 15) is 0 Å². The maximum absolute atomic E-state index is 4.69. The zero-order valence-electron chi connectivity index (χ0n) is 13.2. The van der Waals surface area contributed by atoms with Crippen LogP contribution >= 0.6 is 0 Å². The van der Waals surface area contributed by atoms with Gasteiger partial charge in [-0.1, -0.05) is 13.3 Å². The highest BCUT2D eigenvalue weighted by atomic mass is 15.4. The molecule has 2 fully saturated rings. The Balaban J connectivity index is 1.48. The normalized spacial score (nSPS) is 23.0. The van der Waals surface area contributed by atoms with Gasteiger partial charge >= 0.3 is 0 Å². The Morgan fingerprint density at radius 3 is 2.91 bits per heavy atom. The summed E-state index contributed by atoms with van der Waals surface area (Å²) in [4.78, 5) is 2.57. The number of hydrogen-bond acceptors (Lipinski definition) is 5. The first-order chi connectivity index (χ1) is 10.8. The minimum Gasteiger partial charge on any atom is -0.367 e. The molecule has 1 atom stereocenters. The Labute approximate surface area is 130 Å². The molecule has 6 nitrogen and oxygen atoms in total. The van der Waals surface area contributed by atoms with Gasteiger partial charge in [-0.25, -0.2) is 0 Å². The van der Waals surface area contributed by atoms with Gasteiger partial charge in [-0.2, -0.15) is 4.52 Å². The molecule has 2 aromatic heterocycles. The summed E-state index contributed by atoms with van der Waals surface area (Å²) in [5.41, 5.74) is 0.848. The number of rotatable bonds is 5. The fourth-order valence-corrected chi connectivity index (χ4v) is 3.43. The second-order valence-corrected chi connectivity index (χ2v) is 6.48. The van der Waals surface area contributed by atoms with E-state index in [4.69, 9.17) is 5.10 Å². The quantitative estimate of drug-likeness (QED) is 0.918. The molecule has 2 aromatic rings. The average molecular weight is 300 g/mol. The number of nitrogens with one attached hydrogen (secondary N) is 1. The van der Waals surface area contributed by atoms with E-state index in [2.05, 4.69) is 27.3 Å². The summed E-state index contributed by atoms with van der Waals surface area (Å²) in [6.07, 6.45) is 6.39. The predicted molar refractivity (Wildman–Crippen MR) is 86.1 cm³/mol. The van der Waals surface area contributed by atoms with Gasteiger partial charge in [0.05, 0.1) is 0 Å². The molecule has 1 aliphatic heterocycles. The summed E-state index contributed by atoms with van der Waals surface area (Å²) in [6.45, 7) is 5.58. The highest BCUT2D eigenvalue weighted by Crippen LogP contribution is 2.38. The van der Waals surface area contributed by atoms with Gasteiger partial charge in [0.2, 0.25) is 0 Å². The number of aromatic nitrogens is 4. The third-order valence-electron chi connectivity index (χ3n) is 4.90. The molecule has 0 radical (unpaired) electrons. The molecule has 0 spiro atoms. The first kappa shape index (κ1) is 13.9. The van der Waals surface area contributed by atoms with Crippen molar-refractivity contribution in [1.29, 1.82) is 0 Å². The van der Waals surface area contributed by atoms with E-state index in [1.54, 1.807) is 0 Å². The fraction of sp³-hybridized carbons (Fsp3) is 0.688. The van der Waals surface area contributed by atoms with E-state index in [1.165, 1.54) is 38.6 Å². The third-order valence-corrected chi connectivity index (χ3v) is 4.90. The van der Waals surface area contributed by atoms with Crippen molar-refractivity contribution in [3.8, 4) is 0 Å². The fourth-order valence-electron chi connectivity index (χ4n) is 3.43. The summed E-state index contributed by atoms with van der Waals surface area (Å²) < 4.78 is 1.92. The maximum Gasteiger partial charge on any atom is 0.178 e. The molecule has 1 N–H and O–H groups in total. The van der Waals surface area contributed by atoms with E-state index in [0.717, 1.165) is 30.4 Å². The highest BCUT2D eigenvalue weighted by Gasteiger charge is 2.29. The van der Waals surface area contributed by atoms with Crippen LogP contribution in [0.1, 0.15) is 50.8 Å². The van der Waals surface area contributed by atoms with Crippen LogP contribution in [0.5, 0.6) is 0 Å². The van der Waals surface area contributed by atoms with Gasteiger partial charge in [-0.3, -0.25) is 4.90 Å². The minimum absolute atomic E-state index is 0.562. The van der Waals surface area contributed by atoms with Crippen LogP contribution < -0.4 is 5.32 Å². The molecule has 0 unspecified atom stereocenters. The number of piperidine rings is 1. The number of likely N-dealkylation sites (N-methyl/N-ethyl adjacent to an activating group) is 1. The van der Waals surface area contributed by atoms with E-state index in [-0.39, 0.29) is 0 Å². The number of anilines is 1. The van der Waals surface area contributed by atoms with Gasteiger partial charge in [0.15, 0.2) is 11.5 Å². The summed E-state index contributed by atoms with van der Waals surface area (Å²) in [5.74, 6) is 2.51. The lowest BCUT2D eigenvalue weighted by Gasteiger charge is -2.35. The number of fused-ring (bicyclic) bond motifs is 1. The highest BCUT2D eigenvalue weighted by molar-refractivity contribution is 5.44. The zero-order valence-corrected chi connectivity index (χ0v) is 13.2. The maximum atomic E-state index is 4.69. The van der Waals surface area contributed by atoms with Gasteiger partial charge in [0, 0.05) is 18.5 Å². The van der Waals surface area contributed by atoms with Crippen LogP contribution in [0.4, 0.5) is 5.82 Å². The van der Waals surface area contributed by atoms with Gasteiger partial charge < -0.3 is 5.32 Å². The number of hydrogen-bond donors (Lipinski definition) is 1. The standard InChI is InChI=1S/C16H24N6/c1-2-21-10-4-3-5-13(21)11-17-14-8-9-15-18-19-16(12-6-7-12)22(15)20-14/h8-9,12-13H,2-7,10-11H2,1H3,(H,17,20)/t13-/m0/s1. The smallest absolute Gasteiger partial charge is 0.178 e. The molecular weight excluding hydrogens is 276 g/mol. The van der Waals surface area contributed by atoms with Crippen LogP contribution in [-0.4, -0.2) is 50.4 Å². The van der Waals surface area contributed by atoms with Crippen molar-refractivity contribution >= 4 is 11.5 Å². The molecule has 1 saturated carbocycles. The van der Waals surface area contributed by atoms with E-state index in [1.807, 2.05) is 16.6 Å². The largest absolute Gasteiger partial charge is 0.367 e. The van der Waals surface area contributed by atoms with Gasteiger partial charge in [0.1, 0.15) is 5.82 Å². The van der Waals surface area contributed by atoms with Crippen LogP contribution in [0.2, 0.25) is 0 Å². The molecular formula is C16H24N6. The van der Waals surface area contributed by atoms with Crippen molar-refractivity contribution in [2.45, 2.75) is 51.0 Å². The van der Waals surface area contributed by atoms with Crippen LogP contribution in [0.15, 0.2) is 12.1 Å². The molecule has 0 aromatic carbocycles. The van der Waals surface area contributed by atoms with Crippen molar-refractivity contribution in [3.63, 3.8) is 0 Å². The molecule has 1 aliphatic carbocycles. The Bertz CT molecular complexity index is 647. The minimum atomic E-state index is 0.562. The Morgan fingerprint density at radius 1 is 1.18 bits per heavy atom. The van der Waals surface area contributed by atoms with Crippen molar-refractivity contribution in [3.05, 3.63) is 18.0 Å². The molecule has 0 amide bonds. The first-order valence-corrected chi connectivity index (χ1v) is 8.55. The van der Waals surface area contributed by atoms with E-state index in [0.29, 0.717) is 12.0 Å². The summed E-state index contributed by atoms with van der Waals surface area (Å²) >= 11 is 0. The second-order valence-electron chi connectivity index (χ2n) is 6.48. The summed E-state index contributed by atoms with van der Waals surface area (Å²) in [7, 11) is 0. The van der Waals surface area contributed by atoms with Crippen LogP contribution in [0.3, 0.4) is 0 Å². The number of nitrogens with zero attached hydrogens (tertiary/aromatic N) is 5. The molecule has 0 bridgehead atoms. The van der Waals surface area contributed by atoms with Crippen molar-refractivity contribution < 1.29 is 0 Å². The van der Waals surface area contributed by atoms with Crippen molar-refractivity contribution in [2.24, 2.45) is 0 Å². The van der Waals surface area contributed by atoms with Gasteiger partial charge in [-0.05, 0) is 50.9 Å². The molecule has 2 aliphatic rings. The van der Waals surface area contributed by atoms with Crippen molar-refractivity contribution in [1.82, 2.24) is 24.7 Å². The molecule has 3 heterocycles. The van der Waals surface area contributed by atoms with E-state index < -0.39 is 0 Å². The summed E-state index contributed by atoms with van der Waals surface area (Å²) in [5, 5.41) is 16.7. The van der Waals surface area contributed by atoms with Crippen molar-refractivity contribution in [2.75, 3.05) is 25.0 Å². The summed E-state index contributed by atoms with van der Waals surface area (Å²) in [6, 6.07) is 4.65. The monoisotopic (exact) mass is 300 g/mol. The lowest BCUT2D eigenvalue weighted by molar-refractivity contribution is 0.164. The molecule has 6 heteroatoms.